The summed E-state index contributed by atoms with van der Waals surface area (Å²) in [4.78, 5) is 9.05. The molecule has 4 nitrogen and oxygen atoms in total. The predicted octanol–water partition coefficient (Wildman–Crippen LogP) is 5.28. The average molecular weight is 412 g/mol. The number of rotatable bonds is 2. The molecule has 0 saturated carbocycles. The Morgan fingerprint density at radius 1 is 1.00 bits per heavy atom. The van der Waals surface area contributed by atoms with Gasteiger partial charge in [0, 0.05) is 30.9 Å². The highest BCUT2D eigenvalue weighted by Gasteiger charge is 2.39. The summed E-state index contributed by atoms with van der Waals surface area (Å²) in [5.74, 6) is 2.95. The smallest absolute Gasteiger partial charge is 0.160 e. The van der Waals surface area contributed by atoms with E-state index in [0.717, 1.165) is 24.8 Å². The van der Waals surface area contributed by atoms with Crippen molar-refractivity contribution in [2.24, 2.45) is 39.4 Å². The van der Waals surface area contributed by atoms with Crippen LogP contribution < -0.4 is 5.73 Å². The summed E-state index contributed by atoms with van der Waals surface area (Å²) in [7, 11) is 1.70. The number of aliphatic hydroxyl groups excluding tert-OH is 1. The average Bonchev–Trinajstić information content (AvgIpc) is 2.82. The van der Waals surface area contributed by atoms with Gasteiger partial charge in [0.05, 0.1) is 5.57 Å². The molecule has 0 aliphatic heterocycles. The van der Waals surface area contributed by atoms with E-state index in [-0.39, 0.29) is 0 Å². The van der Waals surface area contributed by atoms with Gasteiger partial charge in [-0.15, -0.1) is 0 Å². The zero-order valence-corrected chi connectivity index (χ0v) is 17.9. The summed E-state index contributed by atoms with van der Waals surface area (Å²) in [6.45, 7) is 0. The van der Waals surface area contributed by atoms with E-state index in [2.05, 4.69) is 59.7 Å². The van der Waals surface area contributed by atoms with Crippen LogP contribution >= 0.6 is 0 Å². The Hall–Kier alpha value is -3.14. The van der Waals surface area contributed by atoms with Crippen molar-refractivity contribution in [2.45, 2.75) is 25.7 Å². The first-order valence-corrected chi connectivity index (χ1v) is 11.2. The lowest BCUT2D eigenvalue weighted by molar-refractivity contribution is 0.331. The van der Waals surface area contributed by atoms with E-state index in [0.29, 0.717) is 53.1 Å². The van der Waals surface area contributed by atoms with Crippen molar-refractivity contribution in [1.29, 1.82) is 0 Å². The maximum atomic E-state index is 10.3. The van der Waals surface area contributed by atoms with Crippen molar-refractivity contribution in [3.05, 3.63) is 94.9 Å². The monoisotopic (exact) mass is 411 g/mol. The van der Waals surface area contributed by atoms with E-state index in [9.17, 15) is 5.11 Å². The molecule has 0 fully saturated rings. The minimum Gasteiger partial charge on any atom is -0.512 e. The number of fused-ring (bicyclic) bond motifs is 4. The zero-order chi connectivity index (χ0) is 21.4. The molecule has 0 aromatic carbocycles. The van der Waals surface area contributed by atoms with Crippen molar-refractivity contribution < 1.29 is 5.11 Å². The highest BCUT2D eigenvalue weighted by molar-refractivity contribution is 6.13. The van der Waals surface area contributed by atoms with Crippen LogP contribution in [0, 0.1) is 23.7 Å². The Morgan fingerprint density at radius 3 is 2.65 bits per heavy atom. The molecule has 158 valence electrons. The van der Waals surface area contributed by atoms with Gasteiger partial charge in [-0.1, -0.05) is 72.4 Å². The van der Waals surface area contributed by atoms with Crippen LogP contribution in [0.1, 0.15) is 25.7 Å². The molecule has 4 atom stereocenters. The van der Waals surface area contributed by atoms with Crippen molar-refractivity contribution >= 4 is 11.7 Å². The second-order valence-electron chi connectivity index (χ2n) is 8.72. The Morgan fingerprint density at radius 2 is 1.81 bits per heavy atom. The molecule has 5 aliphatic carbocycles. The molecule has 4 heteroatoms. The lowest BCUT2D eigenvalue weighted by Crippen LogP contribution is -2.35. The third-order valence-corrected chi connectivity index (χ3v) is 6.98. The Labute approximate surface area is 184 Å². The van der Waals surface area contributed by atoms with Crippen LogP contribution in [0.5, 0.6) is 0 Å². The number of amidine groups is 2. The molecule has 5 aliphatic rings. The highest BCUT2D eigenvalue weighted by atomic mass is 16.3. The van der Waals surface area contributed by atoms with Gasteiger partial charge in [-0.2, -0.15) is 0 Å². The summed E-state index contributed by atoms with van der Waals surface area (Å²) in [5, 5.41) is 10.3. The van der Waals surface area contributed by atoms with Gasteiger partial charge in [-0.25, -0.2) is 4.99 Å². The van der Waals surface area contributed by atoms with Crippen LogP contribution in [0.25, 0.3) is 0 Å². The summed E-state index contributed by atoms with van der Waals surface area (Å²) in [6, 6.07) is 0. The molecule has 0 aromatic rings. The molecule has 4 unspecified atom stereocenters. The number of nitrogens with two attached hydrogens (primary N) is 1. The van der Waals surface area contributed by atoms with Gasteiger partial charge in [-0.3, -0.25) is 4.99 Å². The number of aliphatic imine (C=N–C) groups is 2. The van der Waals surface area contributed by atoms with E-state index in [1.54, 1.807) is 7.05 Å². The van der Waals surface area contributed by atoms with Crippen molar-refractivity contribution in [3.63, 3.8) is 0 Å². The molecule has 5 rings (SSSR count). The third-order valence-electron chi connectivity index (χ3n) is 6.98. The first-order chi connectivity index (χ1) is 15.2. The molecule has 0 amide bonds. The molecule has 31 heavy (non-hydrogen) atoms. The van der Waals surface area contributed by atoms with E-state index < -0.39 is 0 Å². The SMILES string of the molecule is C/N=C(\N=C(/N)C1=CC2C(C=CC3C=CC=CC32)C2=C1C=CCC2)C1=C(O)CCC=C1. The Bertz CT molecular complexity index is 1090. The van der Waals surface area contributed by atoms with Crippen LogP contribution in [0.3, 0.4) is 0 Å². The van der Waals surface area contributed by atoms with Gasteiger partial charge in [0.1, 0.15) is 11.6 Å². The molecule has 0 spiro atoms. The molecule has 0 aromatic heterocycles. The maximum Gasteiger partial charge on any atom is 0.160 e. The summed E-state index contributed by atoms with van der Waals surface area (Å²) in [5.41, 5.74) is 11.0. The molecule has 0 saturated heterocycles. The third kappa shape index (κ3) is 3.50. The van der Waals surface area contributed by atoms with Crippen LogP contribution in [-0.4, -0.2) is 23.8 Å². The lowest BCUT2D eigenvalue weighted by Gasteiger charge is -2.42. The topological polar surface area (TPSA) is 71.0 Å². The number of nitrogens with zero attached hydrogens (tertiary/aromatic N) is 2. The first kappa shape index (κ1) is 19.8. The molecular weight excluding hydrogens is 382 g/mol. The number of hydrogen-bond donors (Lipinski definition) is 2. The van der Waals surface area contributed by atoms with Gasteiger partial charge >= 0.3 is 0 Å². The van der Waals surface area contributed by atoms with Gasteiger partial charge in [0.15, 0.2) is 5.84 Å². The Kier molecular flexibility index (Phi) is 5.23. The van der Waals surface area contributed by atoms with Crippen LogP contribution in [0.2, 0.25) is 0 Å². The number of aliphatic hydroxyl groups is 1. The molecule has 0 heterocycles. The minimum absolute atomic E-state index is 0.328. The van der Waals surface area contributed by atoms with Crippen LogP contribution in [0.15, 0.2) is 105 Å². The van der Waals surface area contributed by atoms with E-state index in [1.165, 1.54) is 11.1 Å². The highest BCUT2D eigenvalue weighted by Crippen LogP contribution is 2.48. The second kappa shape index (κ2) is 8.18. The standard InChI is InChI=1S/C27H29N3O/c1-29-27(22-12-6-7-13-25(22)31)30-26(28)24-16-23-18-9-3-2-8-17(18)14-15-21(23)19-10-4-5-11-20(19)24/h2-3,5-6,8-9,11-12,14-18,21,23,31H,4,7,10,13H2,1H3,(H2,28,29,30). The zero-order valence-electron chi connectivity index (χ0n) is 17.9. The number of allylic oxidation sites excluding steroid dienone is 12. The van der Waals surface area contributed by atoms with Crippen molar-refractivity contribution in [2.75, 3.05) is 7.05 Å². The molecule has 0 bridgehead atoms. The Balaban J connectivity index is 1.57. The van der Waals surface area contributed by atoms with Crippen LogP contribution in [0.4, 0.5) is 0 Å². The molecule has 0 radical (unpaired) electrons. The summed E-state index contributed by atoms with van der Waals surface area (Å²) >= 11 is 0. The van der Waals surface area contributed by atoms with Gasteiger partial charge in [0.25, 0.3) is 0 Å². The fourth-order valence-corrected chi connectivity index (χ4v) is 5.45. The van der Waals surface area contributed by atoms with Gasteiger partial charge in [-0.05, 0) is 36.7 Å². The first-order valence-electron chi connectivity index (χ1n) is 11.2. The fraction of sp³-hybridized carbons (Fsp3) is 0.333. The van der Waals surface area contributed by atoms with Crippen molar-refractivity contribution in [3.8, 4) is 0 Å². The van der Waals surface area contributed by atoms with Gasteiger partial charge in [0.2, 0.25) is 0 Å². The lowest BCUT2D eigenvalue weighted by atomic mass is 9.62. The van der Waals surface area contributed by atoms with E-state index in [1.807, 2.05) is 12.2 Å². The normalized spacial score (nSPS) is 32.1. The van der Waals surface area contributed by atoms with Gasteiger partial charge < -0.3 is 10.8 Å². The fourth-order valence-electron chi connectivity index (χ4n) is 5.45. The largest absolute Gasteiger partial charge is 0.512 e. The second-order valence-corrected chi connectivity index (χ2v) is 8.72. The van der Waals surface area contributed by atoms with Crippen LogP contribution in [-0.2, 0) is 0 Å². The maximum absolute atomic E-state index is 10.3. The van der Waals surface area contributed by atoms with E-state index >= 15 is 0 Å². The quantitative estimate of drug-likeness (QED) is 0.369. The molecule has 3 N–H and O–H groups in total. The minimum atomic E-state index is 0.328. The van der Waals surface area contributed by atoms with Crippen molar-refractivity contribution in [1.82, 2.24) is 0 Å². The van der Waals surface area contributed by atoms with E-state index in [4.69, 9.17) is 10.7 Å². The predicted molar refractivity (Wildman–Crippen MR) is 128 cm³/mol. The summed E-state index contributed by atoms with van der Waals surface area (Å²) in [6.07, 6.45) is 28.0. The number of hydrogen-bond acceptors (Lipinski definition) is 2. The molecular formula is C27H29N3O. The summed E-state index contributed by atoms with van der Waals surface area (Å²) < 4.78 is 0.